The van der Waals surface area contributed by atoms with Gasteiger partial charge in [0.2, 0.25) is 0 Å². The van der Waals surface area contributed by atoms with Crippen LogP contribution >= 0.6 is 0 Å². The van der Waals surface area contributed by atoms with Crippen molar-refractivity contribution in [3.63, 3.8) is 0 Å². The largest absolute Gasteiger partial charge is 0.396 e. The molecule has 0 saturated carbocycles. The lowest BCUT2D eigenvalue weighted by Crippen LogP contribution is -2.12. The van der Waals surface area contributed by atoms with Gasteiger partial charge in [-0.1, -0.05) is 37.6 Å². The van der Waals surface area contributed by atoms with Crippen LogP contribution in [0.1, 0.15) is 42.9 Å². The zero-order chi connectivity index (χ0) is 10.3. The number of hydrogen-bond donors (Lipinski definition) is 1. The standard InChI is InChI=1S/C13H18O/c1-9-4-5-12-11(6-9)10(8-14)7-13(12,2)3/h4-6,10,14H,7-8H2,1-3H3/t10-/m0/s1. The number of rotatable bonds is 1. The van der Waals surface area contributed by atoms with Crippen molar-refractivity contribution in [2.24, 2.45) is 0 Å². The summed E-state index contributed by atoms with van der Waals surface area (Å²) in [5, 5.41) is 9.34. The van der Waals surface area contributed by atoms with E-state index in [1.54, 1.807) is 0 Å². The topological polar surface area (TPSA) is 20.2 Å². The number of benzene rings is 1. The van der Waals surface area contributed by atoms with Crippen LogP contribution in [0.15, 0.2) is 18.2 Å². The molecule has 0 unspecified atom stereocenters. The molecule has 0 saturated heterocycles. The van der Waals surface area contributed by atoms with E-state index < -0.39 is 0 Å². The third kappa shape index (κ3) is 1.36. The molecule has 1 aliphatic carbocycles. The van der Waals surface area contributed by atoms with Gasteiger partial charge in [-0.25, -0.2) is 0 Å². The van der Waals surface area contributed by atoms with Gasteiger partial charge in [0.05, 0.1) is 0 Å². The maximum absolute atomic E-state index is 9.34. The first-order valence-corrected chi connectivity index (χ1v) is 5.26. The van der Waals surface area contributed by atoms with Crippen molar-refractivity contribution in [3.8, 4) is 0 Å². The van der Waals surface area contributed by atoms with Crippen LogP contribution in [0.5, 0.6) is 0 Å². The van der Waals surface area contributed by atoms with Gasteiger partial charge < -0.3 is 5.11 Å². The molecule has 0 amide bonds. The smallest absolute Gasteiger partial charge is 0.0500 e. The van der Waals surface area contributed by atoms with Crippen molar-refractivity contribution in [1.29, 1.82) is 0 Å². The fourth-order valence-corrected chi connectivity index (χ4v) is 2.64. The van der Waals surface area contributed by atoms with Crippen LogP contribution in [0, 0.1) is 6.92 Å². The molecule has 0 radical (unpaired) electrons. The number of hydrogen-bond acceptors (Lipinski definition) is 1. The molecule has 2 rings (SSSR count). The average Bonchev–Trinajstić information content (AvgIpc) is 2.37. The molecule has 1 aliphatic rings. The van der Waals surface area contributed by atoms with Crippen molar-refractivity contribution >= 4 is 0 Å². The minimum Gasteiger partial charge on any atom is -0.396 e. The normalized spacial score (nSPS) is 23.6. The molecule has 1 N–H and O–H groups in total. The van der Waals surface area contributed by atoms with E-state index in [1.165, 1.54) is 16.7 Å². The predicted molar refractivity (Wildman–Crippen MR) is 58.6 cm³/mol. The quantitative estimate of drug-likeness (QED) is 0.722. The fourth-order valence-electron chi connectivity index (χ4n) is 2.64. The second-order valence-electron chi connectivity index (χ2n) is 5.06. The van der Waals surface area contributed by atoms with Crippen molar-refractivity contribution in [3.05, 3.63) is 34.9 Å². The molecule has 1 atom stereocenters. The maximum Gasteiger partial charge on any atom is 0.0500 e. The molecule has 1 nitrogen and oxygen atoms in total. The third-order valence-electron chi connectivity index (χ3n) is 3.35. The molecule has 76 valence electrons. The Bertz CT molecular complexity index is 352. The van der Waals surface area contributed by atoms with Crippen molar-refractivity contribution in [2.75, 3.05) is 6.61 Å². The lowest BCUT2D eigenvalue weighted by Gasteiger charge is -2.18. The Hall–Kier alpha value is -0.820. The summed E-state index contributed by atoms with van der Waals surface area (Å²) in [6, 6.07) is 6.62. The molecule has 1 aromatic carbocycles. The lowest BCUT2D eigenvalue weighted by atomic mass is 9.86. The lowest BCUT2D eigenvalue weighted by molar-refractivity contribution is 0.253. The van der Waals surface area contributed by atoms with Crippen LogP contribution in [0.4, 0.5) is 0 Å². The van der Waals surface area contributed by atoms with E-state index in [-0.39, 0.29) is 12.0 Å². The van der Waals surface area contributed by atoms with Crippen molar-refractivity contribution < 1.29 is 5.11 Å². The minimum atomic E-state index is 0.233. The molecule has 1 heteroatoms. The summed E-state index contributed by atoms with van der Waals surface area (Å²) in [6.45, 7) is 6.91. The Kier molecular flexibility index (Phi) is 2.15. The number of fused-ring (bicyclic) bond motifs is 1. The third-order valence-corrected chi connectivity index (χ3v) is 3.35. The SMILES string of the molecule is Cc1ccc2c(c1)[C@H](CO)CC2(C)C. The van der Waals surface area contributed by atoms with Crippen LogP contribution in [0.2, 0.25) is 0 Å². The molecule has 1 aromatic rings. The number of aliphatic hydroxyl groups is 1. The van der Waals surface area contributed by atoms with Gasteiger partial charge in [0.1, 0.15) is 0 Å². The van der Waals surface area contributed by atoms with Crippen LogP contribution in [0.25, 0.3) is 0 Å². The van der Waals surface area contributed by atoms with Gasteiger partial charge in [-0.2, -0.15) is 0 Å². The van der Waals surface area contributed by atoms with Gasteiger partial charge in [0, 0.05) is 12.5 Å². The van der Waals surface area contributed by atoms with Crippen molar-refractivity contribution in [1.82, 2.24) is 0 Å². The number of aliphatic hydroxyl groups excluding tert-OH is 1. The Balaban J connectivity index is 2.54. The number of aryl methyl sites for hydroxylation is 1. The summed E-state index contributed by atoms with van der Waals surface area (Å²) >= 11 is 0. The molecular weight excluding hydrogens is 172 g/mol. The molecule has 0 heterocycles. The average molecular weight is 190 g/mol. The van der Waals surface area contributed by atoms with E-state index in [0.717, 1.165) is 6.42 Å². The molecule has 0 spiro atoms. The monoisotopic (exact) mass is 190 g/mol. The van der Waals surface area contributed by atoms with Gasteiger partial charge in [-0.15, -0.1) is 0 Å². The van der Waals surface area contributed by atoms with E-state index >= 15 is 0 Å². The van der Waals surface area contributed by atoms with Crippen LogP contribution in [-0.2, 0) is 5.41 Å². The molecule has 0 fully saturated rings. The predicted octanol–water partition coefficient (Wildman–Crippen LogP) is 2.75. The van der Waals surface area contributed by atoms with Gasteiger partial charge >= 0.3 is 0 Å². The van der Waals surface area contributed by atoms with Crippen LogP contribution in [-0.4, -0.2) is 11.7 Å². The zero-order valence-electron chi connectivity index (χ0n) is 9.17. The Morgan fingerprint density at radius 1 is 1.43 bits per heavy atom. The second-order valence-corrected chi connectivity index (χ2v) is 5.06. The van der Waals surface area contributed by atoms with Gasteiger partial charge in [-0.05, 0) is 29.9 Å². The molecular formula is C13H18O. The first-order valence-electron chi connectivity index (χ1n) is 5.26. The first-order chi connectivity index (χ1) is 6.54. The minimum absolute atomic E-state index is 0.233. The van der Waals surface area contributed by atoms with E-state index in [4.69, 9.17) is 0 Å². The van der Waals surface area contributed by atoms with E-state index in [2.05, 4.69) is 39.0 Å². The fraction of sp³-hybridized carbons (Fsp3) is 0.538. The molecule has 0 aromatic heterocycles. The maximum atomic E-state index is 9.34. The van der Waals surface area contributed by atoms with Crippen LogP contribution in [0.3, 0.4) is 0 Å². The molecule has 14 heavy (non-hydrogen) atoms. The summed E-state index contributed by atoms with van der Waals surface area (Å²) in [5.41, 5.74) is 4.30. The van der Waals surface area contributed by atoms with E-state index in [9.17, 15) is 5.11 Å². The Labute approximate surface area is 85.8 Å². The van der Waals surface area contributed by atoms with E-state index in [1.807, 2.05) is 0 Å². The van der Waals surface area contributed by atoms with Crippen molar-refractivity contribution in [2.45, 2.75) is 38.5 Å². The highest BCUT2D eigenvalue weighted by Gasteiger charge is 2.35. The second kappa shape index (κ2) is 3.09. The molecule has 0 bridgehead atoms. The first kappa shape index (κ1) is 9.72. The highest BCUT2D eigenvalue weighted by molar-refractivity contribution is 5.43. The Morgan fingerprint density at radius 3 is 2.79 bits per heavy atom. The van der Waals surface area contributed by atoms with Crippen LogP contribution < -0.4 is 0 Å². The van der Waals surface area contributed by atoms with E-state index in [0.29, 0.717) is 5.92 Å². The summed E-state index contributed by atoms with van der Waals surface area (Å²) in [6.07, 6.45) is 1.07. The van der Waals surface area contributed by atoms with Gasteiger partial charge in [0.25, 0.3) is 0 Å². The summed E-state index contributed by atoms with van der Waals surface area (Å²) < 4.78 is 0. The summed E-state index contributed by atoms with van der Waals surface area (Å²) in [4.78, 5) is 0. The Morgan fingerprint density at radius 2 is 2.14 bits per heavy atom. The van der Waals surface area contributed by atoms with Gasteiger partial charge in [-0.3, -0.25) is 0 Å². The zero-order valence-corrected chi connectivity index (χ0v) is 9.17. The van der Waals surface area contributed by atoms with Gasteiger partial charge in [0.15, 0.2) is 0 Å². The molecule has 0 aliphatic heterocycles. The summed E-state index contributed by atoms with van der Waals surface area (Å²) in [7, 11) is 0. The highest BCUT2D eigenvalue weighted by atomic mass is 16.3. The summed E-state index contributed by atoms with van der Waals surface area (Å²) in [5.74, 6) is 0.347. The highest BCUT2D eigenvalue weighted by Crippen LogP contribution is 2.45.